The number of hydrogen-bond acceptors (Lipinski definition) is 5. The molecule has 1 unspecified atom stereocenters. The summed E-state index contributed by atoms with van der Waals surface area (Å²) in [5.41, 5.74) is 4.56. The minimum absolute atomic E-state index is 0. The number of benzene rings is 2. The summed E-state index contributed by atoms with van der Waals surface area (Å²) >= 11 is 0. The van der Waals surface area contributed by atoms with Crippen molar-refractivity contribution in [2.24, 2.45) is 0 Å². The van der Waals surface area contributed by atoms with Crippen LogP contribution in [0, 0.1) is 5.82 Å². The second kappa shape index (κ2) is 10.5. The Labute approximate surface area is 248 Å². The van der Waals surface area contributed by atoms with Gasteiger partial charge in [0.2, 0.25) is 5.78 Å². The number of imidazole rings is 1. The van der Waals surface area contributed by atoms with Crippen LogP contribution in [0.5, 0.6) is 5.75 Å². The molecule has 0 bridgehead atoms. The van der Waals surface area contributed by atoms with Crippen LogP contribution >= 0.6 is 0 Å². The van der Waals surface area contributed by atoms with Crippen molar-refractivity contribution >= 4 is 46.5 Å². The first-order valence-electron chi connectivity index (χ1n) is 13.5. The zero-order valence-electron chi connectivity index (χ0n) is 22.2. The van der Waals surface area contributed by atoms with Crippen LogP contribution in [0.3, 0.4) is 0 Å². The van der Waals surface area contributed by atoms with E-state index in [-0.39, 0.29) is 41.0 Å². The number of likely N-dealkylation sites (tertiary alicyclic amines) is 1. The molecule has 200 valence electrons. The summed E-state index contributed by atoms with van der Waals surface area (Å²) in [4.78, 5) is 28.1. The van der Waals surface area contributed by atoms with Crippen molar-refractivity contribution in [3.63, 3.8) is 0 Å². The van der Waals surface area contributed by atoms with Gasteiger partial charge >= 0.3 is 0 Å². The van der Waals surface area contributed by atoms with Crippen LogP contribution in [-0.4, -0.2) is 73.3 Å². The molecule has 1 atom stereocenters. The van der Waals surface area contributed by atoms with Gasteiger partial charge in [0.25, 0.3) is 5.91 Å². The smallest absolute Gasteiger partial charge is 0.263 e. The van der Waals surface area contributed by atoms with Crippen molar-refractivity contribution in [2.75, 3.05) is 13.1 Å². The van der Waals surface area contributed by atoms with Crippen LogP contribution in [0.25, 0.3) is 27.8 Å². The summed E-state index contributed by atoms with van der Waals surface area (Å²) in [6.07, 6.45) is 10.7. The van der Waals surface area contributed by atoms with Crippen molar-refractivity contribution in [1.82, 2.24) is 24.3 Å². The van der Waals surface area contributed by atoms with E-state index in [1.54, 1.807) is 30.2 Å². The Balaban J connectivity index is 0.00000289. The second-order valence-corrected chi connectivity index (χ2v) is 10.6. The fourth-order valence-corrected chi connectivity index (χ4v) is 5.90. The number of nitrogens with zero attached hydrogens (tertiary/aromatic N) is 5. The van der Waals surface area contributed by atoms with Crippen molar-refractivity contribution in [2.45, 2.75) is 44.1 Å². The maximum Gasteiger partial charge on any atom is 0.263 e. The molecular weight excluding hydrogens is 612 g/mol. The van der Waals surface area contributed by atoms with E-state index in [9.17, 15) is 4.79 Å². The topological polar surface area (TPSA) is 72.6 Å². The van der Waals surface area contributed by atoms with Crippen LogP contribution in [0.15, 0.2) is 73.3 Å². The third-order valence-corrected chi connectivity index (χ3v) is 8.10. The number of hydrogen-bond donors (Lipinski definition) is 0. The van der Waals surface area contributed by atoms with Crippen molar-refractivity contribution in [3.8, 4) is 16.9 Å². The first kappa shape index (κ1) is 26.7. The van der Waals surface area contributed by atoms with Gasteiger partial charge in [0.1, 0.15) is 0 Å². The number of amides is 1. The van der Waals surface area contributed by atoms with E-state index in [2.05, 4.69) is 33.2 Å². The van der Waals surface area contributed by atoms with Crippen LogP contribution < -0.4 is 4.74 Å². The zero-order chi connectivity index (χ0) is 26.6. The molecule has 0 spiro atoms. The Morgan fingerprint density at radius 3 is 2.58 bits per heavy atom. The molecule has 3 aromatic heterocycles. The largest absolute Gasteiger partial charge is 0.478 e. The minimum atomic E-state index is -0.742. The van der Waals surface area contributed by atoms with Gasteiger partial charge in [-0.15, -0.1) is 0 Å². The first-order chi connectivity index (χ1) is 19.0. The zero-order valence-corrected chi connectivity index (χ0v) is 25.0. The maximum atomic E-state index is 15.1. The van der Waals surface area contributed by atoms with E-state index in [0.717, 1.165) is 60.9 Å². The Hall–Kier alpha value is -3.53. The number of halogens is 1. The van der Waals surface area contributed by atoms with Crippen LogP contribution in [0.1, 0.15) is 43.9 Å². The minimum Gasteiger partial charge on any atom is -0.478 e. The number of fused-ring (bicyclic) bond motifs is 2. The molecule has 7 nitrogen and oxygen atoms in total. The van der Waals surface area contributed by atoms with Crippen molar-refractivity contribution in [3.05, 3.63) is 90.4 Å². The van der Waals surface area contributed by atoms with Crippen LogP contribution in [-0.2, 0) is 10.2 Å². The van der Waals surface area contributed by atoms with Crippen LogP contribution in [0.4, 0.5) is 4.39 Å². The number of pyridine rings is 1. The number of aromatic nitrogens is 4. The molecule has 5 aromatic rings. The molecule has 1 saturated heterocycles. The Morgan fingerprint density at radius 2 is 1.80 bits per heavy atom. The normalized spacial score (nSPS) is 16.6. The SMILES string of the molecule is CC(Oc1ccc(-c2cnc3ncc(C4(c5cccc6ncccc56)CC4)n3c2)cc1F)C(=O)N1CCCC1.[Sn]. The Kier molecular flexibility index (Phi) is 6.98. The molecule has 1 saturated carbocycles. The molecular formula is C31H28FN5O2Sn. The monoisotopic (exact) mass is 641 g/mol. The third kappa shape index (κ3) is 4.52. The van der Waals surface area contributed by atoms with Gasteiger partial charge in [-0.2, -0.15) is 0 Å². The van der Waals surface area contributed by atoms with Gasteiger partial charge in [-0.05, 0) is 68.0 Å². The summed E-state index contributed by atoms with van der Waals surface area (Å²) in [5.74, 6) is 0.0569. The standard InChI is InChI=1S/C31H28FN5O2.Sn/c1-20(29(38)36-14-2-3-15-36)39-27-10-9-21(16-25(27)32)22-17-34-30-35-18-28(37(30)19-22)31(11-12-31)24-7-4-8-26-23(24)6-5-13-33-26;/h4-10,13,16-20H,2-3,11-12,14-15H2,1H3;. The summed E-state index contributed by atoms with van der Waals surface area (Å²) in [5, 5.41) is 1.15. The predicted molar refractivity (Wildman–Crippen MR) is 152 cm³/mol. The average Bonchev–Trinajstić information content (AvgIpc) is 3.36. The summed E-state index contributed by atoms with van der Waals surface area (Å²) in [6.45, 7) is 3.14. The van der Waals surface area contributed by atoms with Gasteiger partial charge in [-0.1, -0.05) is 24.3 Å². The maximum absolute atomic E-state index is 15.1. The van der Waals surface area contributed by atoms with E-state index < -0.39 is 11.9 Å². The number of carbonyl (C=O) groups excluding carboxylic acids is 1. The summed E-state index contributed by atoms with van der Waals surface area (Å²) in [7, 11) is 0. The molecule has 2 aliphatic rings. The van der Waals surface area contributed by atoms with Crippen molar-refractivity contribution in [1.29, 1.82) is 0 Å². The van der Waals surface area contributed by atoms with E-state index in [1.165, 1.54) is 11.6 Å². The summed E-state index contributed by atoms with van der Waals surface area (Å²) < 4.78 is 22.9. The van der Waals surface area contributed by atoms with E-state index in [0.29, 0.717) is 11.3 Å². The van der Waals surface area contributed by atoms with E-state index in [4.69, 9.17) is 4.74 Å². The van der Waals surface area contributed by atoms with E-state index >= 15 is 4.39 Å². The molecule has 2 fully saturated rings. The number of rotatable bonds is 6. The fraction of sp³-hybridized carbons (Fsp3) is 0.290. The molecule has 4 heterocycles. The molecule has 0 N–H and O–H groups in total. The molecule has 1 aliphatic carbocycles. The number of ether oxygens (including phenoxy) is 1. The summed E-state index contributed by atoms with van der Waals surface area (Å²) in [6, 6.07) is 15.2. The van der Waals surface area contributed by atoms with E-state index in [1.807, 2.05) is 35.1 Å². The van der Waals surface area contributed by atoms with Gasteiger partial charge < -0.3 is 9.64 Å². The Bertz CT molecular complexity index is 1720. The molecule has 40 heavy (non-hydrogen) atoms. The predicted octanol–water partition coefficient (Wildman–Crippen LogP) is 5.17. The quantitative estimate of drug-likeness (QED) is 0.240. The molecule has 1 amide bonds. The molecule has 9 heteroatoms. The van der Waals surface area contributed by atoms with Gasteiger partial charge in [-0.3, -0.25) is 14.2 Å². The molecule has 7 rings (SSSR count). The van der Waals surface area contributed by atoms with Gasteiger partial charge in [-0.25, -0.2) is 14.4 Å². The van der Waals surface area contributed by atoms with Gasteiger partial charge in [0.05, 0.1) is 17.4 Å². The van der Waals surface area contributed by atoms with Crippen molar-refractivity contribution < 1.29 is 13.9 Å². The molecule has 2 aromatic carbocycles. The van der Waals surface area contributed by atoms with Gasteiger partial charge in [0.15, 0.2) is 17.7 Å². The second-order valence-electron chi connectivity index (χ2n) is 10.6. The fourth-order valence-electron chi connectivity index (χ4n) is 5.90. The van der Waals surface area contributed by atoms with Gasteiger partial charge in [0, 0.05) is 72.0 Å². The third-order valence-electron chi connectivity index (χ3n) is 8.10. The first-order valence-corrected chi connectivity index (χ1v) is 13.5. The molecule has 4 radical (unpaired) electrons. The number of carbonyl (C=O) groups is 1. The Morgan fingerprint density at radius 1 is 1.00 bits per heavy atom. The molecule has 1 aliphatic heterocycles. The average molecular weight is 640 g/mol. The van der Waals surface area contributed by atoms with Crippen LogP contribution in [0.2, 0.25) is 0 Å².